The summed E-state index contributed by atoms with van der Waals surface area (Å²) in [6, 6.07) is 4.62. The number of carbonyl (C=O) groups excluding carboxylic acids is 1. The summed E-state index contributed by atoms with van der Waals surface area (Å²) in [7, 11) is 0. The molecule has 21 heavy (non-hydrogen) atoms. The van der Waals surface area contributed by atoms with Crippen molar-refractivity contribution in [1.29, 1.82) is 0 Å². The van der Waals surface area contributed by atoms with Crippen molar-refractivity contribution in [2.45, 2.75) is 19.9 Å². The van der Waals surface area contributed by atoms with Gasteiger partial charge < -0.3 is 10.6 Å². The number of nitro benzene ring substituents is 1. The van der Waals surface area contributed by atoms with Crippen molar-refractivity contribution in [3.8, 4) is 0 Å². The summed E-state index contributed by atoms with van der Waals surface area (Å²) in [4.78, 5) is 26.9. The highest BCUT2D eigenvalue weighted by Gasteiger charge is 2.28. The van der Waals surface area contributed by atoms with Crippen molar-refractivity contribution < 1.29 is 9.72 Å². The summed E-state index contributed by atoms with van der Waals surface area (Å²) in [5, 5.41) is 10.9. The lowest BCUT2D eigenvalue weighted by molar-refractivity contribution is -0.383. The predicted molar refractivity (Wildman–Crippen MR) is 80.1 cm³/mol. The van der Waals surface area contributed by atoms with E-state index in [9.17, 15) is 14.9 Å². The molecule has 114 valence electrons. The molecule has 7 heteroatoms. The second kappa shape index (κ2) is 6.09. The van der Waals surface area contributed by atoms with Crippen LogP contribution in [0.1, 0.15) is 24.2 Å². The number of amides is 1. The summed E-state index contributed by atoms with van der Waals surface area (Å²) in [5.41, 5.74) is 5.71. The highest BCUT2D eigenvalue weighted by Crippen LogP contribution is 2.26. The SMILES string of the molecule is CCN1CCN(C(=O)c2cccc([N+](=O)[O-])c2N)CC1C. The quantitative estimate of drug-likeness (QED) is 0.515. The first-order valence-corrected chi connectivity index (χ1v) is 7.01. The number of likely N-dealkylation sites (N-methyl/N-ethyl adjacent to an activating group) is 1. The van der Waals surface area contributed by atoms with Gasteiger partial charge in [-0.05, 0) is 19.5 Å². The normalized spacial score (nSPS) is 19.5. The van der Waals surface area contributed by atoms with Crippen LogP contribution in [0.2, 0.25) is 0 Å². The molecule has 1 aliphatic rings. The minimum atomic E-state index is -0.566. The predicted octanol–water partition coefficient (Wildman–Crippen LogP) is 1.34. The van der Waals surface area contributed by atoms with Crippen LogP contribution in [-0.4, -0.2) is 52.9 Å². The highest BCUT2D eigenvalue weighted by atomic mass is 16.6. The van der Waals surface area contributed by atoms with Gasteiger partial charge in [0.2, 0.25) is 0 Å². The van der Waals surface area contributed by atoms with E-state index in [0.717, 1.165) is 13.1 Å². The average Bonchev–Trinajstić information content (AvgIpc) is 2.46. The molecule has 1 heterocycles. The number of nitro groups is 1. The first-order valence-electron chi connectivity index (χ1n) is 7.01. The van der Waals surface area contributed by atoms with Crippen LogP contribution in [0.4, 0.5) is 11.4 Å². The Bertz CT molecular complexity index is 561. The van der Waals surface area contributed by atoms with Crippen LogP contribution in [-0.2, 0) is 0 Å². The number of piperazine rings is 1. The molecule has 1 aromatic carbocycles. The zero-order valence-electron chi connectivity index (χ0n) is 12.3. The number of anilines is 1. The standard InChI is InChI=1S/C14H20N4O3/c1-3-16-7-8-17(9-10(16)2)14(19)11-5-4-6-12(13(11)15)18(20)21/h4-6,10H,3,7-9,15H2,1-2H3. The molecule has 7 nitrogen and oxygen atoms in total. The zero-order valence-corrected chi connectivity index (χ0v) is 12.3. The monoisotopic (exact) mass is 292 g/mol. The van der Waals surface area contributed by atoms with Crippen molar-refractivity contribution in [1.82, 2.24) is 9.80 Å². The second-order valence-electron chi connectivity index (χ2n) is 5.22. The molecular formula is C14H20N4O3. The summed E-state index contributed by atoms with van der Waals surface area (Å²) in [6.07, 6.45) is 0. The molecule has 1 aliphatic heterocycles. The third-order valence-electron chi connectivity index (χ3n) is 3.97. The largest absolute Gasteiger partial charge is 0.393 e. The summed E-state index contributed by atoms with van der Waals surface area (Å²) in [5.74, 6) is -0.237. The minimum Gasteiger partial charge on any atom is -0.393 e. The number of nitrogen functional groups attached to an aromatic ring is 1. The van der Waals surface area contributed by atoms with Crippen LogP contribution >= 0.6 is 0 Å². The third kappa shape index (κ3) is 2.97. The van der Waals surface area contributed by atoms with Gasteiger partial charge in [-0.25, -0.2) is 0 Å². The lowest BCUT2D eigenvalue weighted by Crippen LogP contribution is -2.53. The van der Waals surface area contributed by atoms with Crippen molar-refractivity contribution in [3.63, 3.8) is 0 Å². The smallest absolute Gasteiger partial charge is 0.292 e. The average molecular weight is 292 g/mol. The molecule has 0 spiro atoms. The van der Waals surface area contributed by atoms with Crippen molar-refractivity contribution in [3.05, 3.63) is 33.9 Å². The maximum atomic E-state index is 12.5. The zero-order chi connectivity index (χ0) is 15.6. The van der Waals surface area contributed by atoms with E-state index in [-0.39, 0.29) is 28.9 Å². The maximum absolute atomic E-state index is 12.5. The van der Waals surface area contributed by atoms with E-state index in [2.05, 4.69) is 18.7 Å². The minimum absolute atomic E-state index is 0.0573. The number of carbonyl (C=O) groups is 1. The molecule has 1 unspecified atom stereocenters. The van der Waals surface area contributed by atoms with E-state index < -0.39 is 4.92 Å². The van der Waals surface area contributed by atoms with Crippen LogP contribution in [0.3, 0.4) is 0 Å². The van der Waals surface area contributed by atoms with Gasteiger partial charge in [0.25, 0.3) is 11.6 Å². The summed E-state index contributed by atoms with van der Waals surface area (Å²) in [6.45, 7) is 7.13. The lowest BCUT2D eigenvalue weighted by atomic mass is 10.1. The molecule has 0 aliphatic carbocycles. The number of nitrogens with two attached hydrogens (primary N) is 1. The Hall–Kier alpha value is -2.15. The molecule has 1 aromatic rings. The number of hydrogen-bond acceptors (Lipinski definition) is 5. The number of hydrogen-bond donors (Lipinski definition) is 1. The first-order chi connectivity index (χ1) is 9.95. The van der Waals surface area contributed by atoms with Crippen LogP contribution in [0.5, 0.6) is 0 Å². The van der Waals surface area contributed by atoms with Gasteiger partial charge in [0.05, 0.1) is 10.5 Å². The fraction of sp³-hybridized carbons (Fsp3) is 0.500. The van der Waals surface area contributed by atoms with E-state index in [0.29, 0.717) is 13.1 Å². The molecule has 0 radical (unpaired) electrons. The molecule has 1 saturated heterocycles. The lowest BCUT2D eigenvalue weighted by Gasteiger charge is -2.39. The molecular weight excluding hydrogens is 272 g/mol. The number of rotatable bonds is 3. The Morgan fingerprint density at radius 1 is 1.48 bits per heavy atom. The maximum Gasteiger partial charge on any atom is 0.292 e. The molecule has 0 saturated carbocycles. The van der Waals surface area contributed by atoms with Crippen LogP contribution in [0, 0.1) is 10.1 Å². The van der Waals surface area contributed by atoms with Crippen LogP contribution in [0.25, 0.3) is 0 Å². The number of nitrogens with zero attached hydrogens (tertiary/aromatic N) is 3. The first kappa shape index (κ1) is 15.2. The van der Waals surface area contributed by atoms with Gasteiger partial charge in [0.1, 0.15) is 5.69 Å². The highest BCUT2D eigenvalue weighted by molar-refractivity contribution is 6.01. The molecule has 0 aromatic heterocycles. The Morgan fingerprint density at radius 2 is 2.19 bits per heavy atom. The fourth-order valence-corrected chi connectivity index (χ4v) is 2.72. The van der Waals surface area contributed by atoms with Gasteiger partial charge in [-0.3, -0.25) is 19.8 Å². The number of benzene rings is 1. The Morgan fingerprint density at radius 3 is 2.76 bits per heavy atom. The van der Waals surface area contributed by atoms with Gasteiger partial charge in [0, 0.05) is 31.7 Å². The number of para-hydroxylation sites is 1. The Labute approximate surface area is 123 Å². The van der Waals surface area contributed by atoms with Crippen LogP contribution in [0.15, 0.2) is 18.2 Å². The molecule has 1 fully saturated rings. The fourth-order valence-electron chi connectivity index (χ4n) is 2.72. The Balaban J connectivity index is 2.22. The van der Waals surface area contributed by atoms with E-state index in [1.807, 2.05) is 0 Å². The summed E-state index contributed by atoms with van der Waals surface area (Å²) < 4.78 is 0. The third-order valence-corrected chi connectivity index (χ3v) is 3.97. The van der Waals surface area contributed by atoms with Gasteiger partial charge in [-0.1, -0.05) is 13.0 Å². The van der Waals surface area contributed by atoms with Crippen molar-refractivity contribution in [2.24, 2.45) is 0 Å². The van der Waals surface area contributed by atoms with E-state index in [1.165, 1.54) is 12.1 Å². The topological polar surface area (TPSA) is 92.7 Å². The summed E-state index contributed by atoms with van der Waals surface area (Å²) >= 11 is 0. The Kier molecular flexibility index (Phi) is 4.42. The van der Waals surface area contributed by atoms with Crippen molar-refractivity contribution in [2.75, 3.05) is 31.9 Å². The van der Waals surface area contributed by atoms with Gasteiger partial charge in [0.15, 0.2) is 0 Å². The van der Waals surface area contributed by atoms with Gasteiger partial charge in [-0.2, -0.15) is 0 Å². The van der Waals surface area contributed by atoms with E-state index >= 15 is 0 Å². The van der Waals surface area contributed by atoms with Gasteiger partial charge in [-0.15, -0.1) is 0 Å². The molecule has 2 N–H and O–H groups in total. The van der Waals surface area contributed by atoms with E-state index in [4.69, 9.17) is 5.73 Å². The molecule has 2 rings (SSSR count). The van der Waals surface area contributed by atoms with E-state index in [1.54, 1.807) is 11.0 Å². The molecule has 0 bridgehead atoms. The van der Waals surface area contributed by atoms with Gasteiger partial charge >= 0.3 is 0 Å². The molecule has 1 amide bonds. The second-order valence-corrected chi connectivity index (χ2v) is 5.22. The van der Waals surface area contributed by atoms with Crippen LogP contribution < -0.4 is 5.73 Å². The molecule has 1 atom stereocenters. The van der Waals surface area contributed by atoms with Crippen molar-refractivity contribution >= 4 is 17.3 Å².